The smallest absolute Gasteiger partial charge is 0.411 e. The third-order valence-electron chi connectivity index (χ3n) is 4.61. The fourth-order valence-corrected chi connectivity index (χ4v) is 3.31. The van der Waals surface area contributed by atoms with Crippen LogP contribution >= 0.6 is 0 Å². The summed E-state index contributed by atoms with van der Waals surface area (Å²) in [5.41, 5.74) is -0.609. The van der Waals surface area contributed by atoms with Crippen LogP contribution in [0.15, 0.2) is 24.3 Å². The summed E-state index contributed by atoms with van der Waals surface area (Å²) in [5.74, 6) is -0.196. The Morgan fingerprint density at radius 1 is 1.26 bits per heavy atom. The third kappa shape index (κ3) is 5.35. The highest BCUT2D eigenvalue weighted by molar-refractivity contribution is 5.87. The molecule has 0 aliphatic carbocycles. The van der Waals surface area contributed by atoms with Gasteiger partial charge >= 0.3 is 12.1 Å². The summed E-state index contributed by atoms with van der Waals surface area (Å²) in [5, 5.41) is 12.6. The number of phenols is 1. The molecule has 7 heteroatoms. The van der Waals surface area contributed by atoms with Gasteiger partial charge in [0.05, 0.1) is 7.11 Å². The Bertz CT molecular complexity index is 653. The average molecular weight is 378 g/mol. The molecule has 0 saturated carbocycles. The van der Waals surface area contributed by atoms with Gasteiger partial charge in [0.15, 0.2) is 5.54 Å². The molecule has 1 aliphatic heterocycles. The van der Waals surface area contributed by atoms with Gasteiger partial charge < -0.3 is 19.9 Å². The first kappa shape index (κ1) is 21.0. The first-order valence-corrected chi connectivity index (χ1v) is 9.26. The molecule has 0 aromatic heterocycles. The summed E-state index contributed by atoms with van der Waals surface area (Å²) in [6.45, 7) is 6.80. The number of aromatic hydroxyl groups is 1. The maximum atomic E-state index is 12.6. The number of nitrogens with one attached hydrogen (secondary N) is 1. The number of amides is 1. The van der Waals surface area contributed by atoms with Crippen LogP contribution in [0.4, 0.5) is 4.79 Å². The first-order chi connectivity index (χ1) is 12.7. The van der Waals surface area contributed by atoms with Crippen LogP contribution in [0.25, 0.3) is 0 Å². The Kier molecular flexibility index (Phi) is 6.70. The zero-order chi connectivity index (χ0) is 20.1. The highest BCUT2D eigenvalue weighted by atomic mass is 16.6. The van der Waals surface area contributed by atoms with Gasteiger partial charge in [-0.3, -0.25) is 4.90 Å². The van der Waals surface area contributed by atoms with E-state index in [0.717, 1.165) is 12.0 Å². The molecule has 1 aromatic rings. The van der Waals surface area contributed by atoms with Crippen molar-refractivity contribution >= 4 is 12.1 Å². The van der Waals surface area contributed by atoms with E-state index >= 15 is 0 Å². The second-order valence-electron chi connectivity index (χ2n) is 7.85. The summed E-state index contributed by atoms with van der Waals surface area (Å²) in [6.07, 6.45) is 1.49. The summed E-state index contributed by atoms with van der Waals surface area (Å²) >= 11 is 0. The number of hydrogen-bond acceptors (Lipinski definition) is 6. The predicted molar refractivity (Wildman–Crippen MR) is 102 cm³/mol. The molecule has 7 nitrogen and oxygen atoms in total. The Morgan fingerprint density at radius 2 is 1.93 bits per heavy atom. The summed E-state index contributed by atoms with van der Waals surface area (Å²) in [4.78, 5) is 26.7. The third-order valence-corrected chi connectivity index (χ3v) is 4.61. The Balaban J connectivity index is 2.03. The molecular formula is C20H30N2O5. The van der Waals surface area contributed by atoms with Crippen LogP contribution in [-0.4, -0.2) is 60.0 Å². The first-order valence-electron chi connectivity index (χ1n) is 9.26. The van der Waals surface area contributed by atoms with Crippen LogP contribution in [0.3, 0.4) is 0 Å². The van der Waals surface area contributed by atoms with Gasteiger partial charge in [-0.15, -0.1) is 0 Å². The summed E-state index contributed by atoms with van der Waals surface area (Å²) in [6, 6.07) is 7.00. The van der Waals surface area contributed by atoms with Crippen molar-refractivity contribution in [1.29, 1.82) is 0 Å². The van der Waals surface area contributed by atoms with E-state index in [0.29, 0.717) is 32.5 Å². The van der Waals surface area contributed by atoms with Crippen LogP contribution in [-0.2, 0) is 20.7 Å². The SMILES string of the molecule is COC(=O)[C@@]1(CNCCc2ccc(O)cc2)CCCN1C(=O)OC(C)(C)C. The van der Waals surface area contributed by atoms with Crippen molar-refractivity contribution in [2.75, 3.05) is 26.7 Å². The molecule has 1 fully saturated rings. The average Bonchev–Trinajstić information content (AvgIpc) is 3.03. The number of rotatable bonds is 6. The fraction of sp³-hybridized carbons (Fsp3) is 0.600. The summed E-state index contributed by atoms with van der Waals surface area (Å²) in [7, 11) is 1.34. The molecule has 1 heterocycles. The Hall–Kier alpha value is -2.28. The van der Waals surface area contributed by atoms with Crippen LogP contribution < -0.4 is 5.32 Å². The molecule has 0 spiro atoms. The van der Waals surface area contributed by atoms with Crippen LogP contribution in [0.5, 0.6) is 5.75 Å². The predicted octanol–water partition coefficient (Wildman–Crippen LogP) is 2.47. The molecule has 0 unspecified atom stereocenters. The number of carbonyl (C=O) groups excluding carboxylic acids is 2. The Morgan fingerprint density at radius 3 is 2.52 bits per heavy atom. The monoisotopic (exact) mass is 378 g/mol. The van der Waals surface area contributed by atoms with Crippen molar-refractivity contribution < 1.29 is 24.2 Å². The number of phenolic OH excluding ortho intramolecular Hbond substituents is 1. The number of carbonyl (C=O) groups is 2. The van der Waals surface area contributed by atoms with Gasteiger partial charge in [-0.05, 0) is 64.3 Å². The number of likely N-dealkylation sites (tertiary alicyclic amines) is 1. The topological polar surface area (TPSA) is 88.1 Å². The van der Waals surface area contributed by atoms with E-state index in [2.05, 4.69) is 5.32 Å². The molecule has 150 valence electrons. The largest absolute Gasteiger partial charge is 0.508 e. The van der Waals surface area contributed by atoms with Gasteiger partial charge in [0.25, 0.3) is 0 Å². The Labute approximate surface area is 160 Å². The lowest BCUT2D eigenvalue weighted by molar-refractivity contribution is -0.153. The second kappa shape index (κ2) is 8.61. The lowest BCUT2D eigenvalue weighted by Crippen LogP contribution is -2.59. The molecule has 1 aromatic carbocycles. The van der Waals surface area contributed by atoms with Crippen molar-refractivity contribution in [2.24, 2.45) is 0 Å². The maximum Gasteiger partial charge on any atom is 0.411 e. The van der Waals surface area contributed by atoms with E-state index in [1.165, 1.54) is 12.0 Å². The lowest BCUT2D eigenvalue weighted by Gasteiger charge is -2.37. The number of methoxy groups -OCH3 is 1. The second-order valence-corrected chi connectivity index (χ2v) is 7.85. The van der Waals surface area contributed by atoms with E-state index in [9.17, 15) is 14.7 Å². The van der Waals surface area contributed by atoms with Gasteiger partial charge in [-0.25, -0.2) is 9.59 Å². The number of ether oxygens (including phenoxy) is 2. The molecule has 1 aliphatic rings. The molecule has 2 rings (SSSR count). The van der Waals surface area contributed by atoms with E-state index in [-0.39, 0.29) is 5.75 Å². The van der Waals surface area contributed by atoms with Crippen LogP contribution in [0.1, 0.15) is 39.2 Å². The number of hydrogen-bond donors (Lipinski definition) is 2. The van der Waals surface area contributed by atoms with Crippen LogP contribution in [0, 0.1) is 0 Å². The van der Waals surface area contributed by atoms with E-state index in [1.807, 2.05) is 12.1 Å². The van der Waals surface area contributed by atoms with Crippen molar-refractivity contribution in [3.63, 3.8) is 0 Å². The standard InChI is InChI=1S/C20H30N2O5/c1-19(2,3)27-18(25)22-13-5-11-20(22,17(24)26-4)14-21-12-10-15-6-8-16(23)9-7-15/h6-9,21,23H,5,10-14H2,1-4H3/t20-/m0/s1. The molecule has 1 atom stereocenters. The minimum Gasteiger partial charge on any atom is -0.508 e. The van der Waals surface area contributed by atoms with Crippen molar-refractivity contribution in [1.82, 2.24) is 10.2 Å². The van der Waals surface area contributed by atoms with Crippen molar-refractivity contribution in [2.45, 2.75) is 51.2 Å². The van der Waals surface area contributed by atoms with Gasteiger partial charge in [0.1, 0.15) is 11.4 Å². The lowest BCUT2D eigenvalue weighted by atomic mass is 9.96. The molecule has 1 saturated heterocycles. The minimum absolute atomic E-state index is 0.232. The molecular weight excluding hydrogens is 348 g/mol. The quantitative estimate of drug-likeness (QED) is 0.584. The highest BCUT2D eigenvalue weighted by Gasteiger charge is 2.51. The number of benzene rings is 1. The zero-order valence-corrected chi connectivity index (χ0v) is 16.6. The van der Waals surface area contributed by atoms with Gasteiger partial charge in [0, 0.05) is 13.1 Å². The minimum atomic E-state index is -1.05. The maximum absolute atomic E-state index is 12.6. The normalized spacial score (nSPS) is 19.8. The van der Waals surface area contributed by atoms with Crippen molar-refractivity contribution in [3.8, 4) is 5.75 Å². The zero-order valence-electron chi connectivity index (χ0n) is 16.6. The molecule has 1 amide bonds. The van der Waals surface area contributed by atoms with Gasteiger partial charge in [-0.2, -0.15) is 0 Å². The molecule has 0 radical (unpaired) electrons. The number of nitrogens with zero attached hydrogens (tertiary/aromatic N) is 1. The highest BCUT2D eigenvalue weighted by Crippen LogP contribution is 2.32. The van der Waals surface area contributed by atoms with Gasteiger partial charge in [-0.1, -0.05) is 12.1 Å². The number of esters is 1. The van der Waals surface area contributed by atoms with Crippen LogP contribution in [0.2, 0.25) is 0 Å². The van der Waals surface area contributed by atoms with Crippen molar-refractivity contribution in [3.05, 3.63) is 29.8 Å². The summed E-state index contributed by atoms with van der Waals surface area (Å²) < 4.78 is 10.5. The molecule has 27 heavy (non-hydrogen) atoms. The van der Waals surface area contributed by atoms with Gasteiger partial charge in [0.2, 0.25) is 0 Å². The van der Waals surface area contributed by atoms with E-state index < -0.39 is 23.2 Å². The molecule has 2 N–H and O–H groups in total. The fourth-order valence-electron chi connectivity index (χ4n) is 3.31. The van der Waals surface area contributed by atoms with E-state index in [1.54, 1.807) is 32.9 Å². The molecule has 0 bridgehead atoms. The van der Waals surface area contributed by atoms with E-state index in [4.69, 9.17) is 9.47 Å².